The lowest BCUT2D eigenvalue weighted by molar-refractivity contribution is -0.384. The number of carbonyl (C=O) groups is 2. The first kappa shape index (κ1) is 18.7. The van der Waals surface area contributed by atoms with Crippen LogP contribution in [-0.2, 0) is 4.74 Å². The minimum Gasteiger partial charge on any atom is -0.444 e. The van der Waals surface area contributed by atoms with E-state index < -0.39 is 16.6 Å². The molecular weight excluding hydrogens is 326 g/mol. The Morgan fingerprint density at radius 2 is 2.08 bits per heavy atom. The van der Waals surface area contributed by atoms with Crippen molar-refractivity contribution in [1.29, 1.82) is 0 Å². The monoisotopic (exact) mass is 349 g/mol. The number of rotatable bonds is 3. The van der Waals surface area contributed by atoms with Crippen LogP contribution in [0.1, 0.15) is 44.0 Å². The summed E-state index contributed by atoms with van der Waals surface area (Å²) in [6.45, 7) is 6.34. The molecule has 0 bridgehead atoms. The number of hydrogen-bond acceptors (Lipinski definition) is 5. The van der Waals surface area contributed by atoms with Crippen LogP contribution in [0.3, 0.4) is 0 Å². The summed E-state index contributed by atoms with van der Waals surface area (Å²) < 4.78 is 5.36. The van der Waals surface area contributed by atoms with Gasteiger partial charge in [0.1, 0.15) is 5.60 Å². The standard InChI is InChI=1S/C17H23N3O5/c1-17(2,3)25-16(22)19-9-5-7-13(11-19)18-15(21)12-6-4-8-14(10-12)20(23)24/h4,6,8,10,13H,5,7,9,11H2,1-3H3,(H,18,21)/t13-/m0/s1. The molecule has 1 aliphatic rings. The number of amides is 2. The maximum absolute atomic E-state index is 12.3. The lowest BCUT2D eigenvalue weighted by Gasteiger charge is -2.34. The first-order valence-corrected chi connectivity index (χ1v) is 8.19. The topological polar surface area (TPSA) is 102 Å². The number of nitrogens with zero attached hydrogens (tertiary/aromatic N) is 2. The number of nitrogens with one attached hydrogen (secondary N) is 1. The minimum atomic E-state index is -0.573. The van der Waals surface area contributed by atoms with Gasteiger partial charge in [-0.2, -0.15) is 0 Å². The molecular formula is C17H23N3O5. The fourth-order valence-corrected chi connectivity index (χ4v) is 2.62. The highest BCUT2D eigenvalue weighted by Crippen LogP contribution is 2.17. The molecule has 0 saturated carbocycles. The number of ether oxygens (including phenoxy) is 1. The Kier molecular flexibility index (Phi) is 5.61. The van der Waals surface area contributed by atoms with Crippen LogP contribution in [0.5, 0.6) is 0 Å². The van der Waals surface area contributed by atoms with Crippen LogP contribution in [0.15, 0.2) is 24.3 Å². The minimum absolute atomic E-state index is 0.133. The maximum atomic E-state index is 12.3. The molecule has 1 aromatic rings. The average Bonchev–Trinajstić information content (AvgIpc) is 2.53. The van der Waals surface area contributed by atoms with Gasteiger partial charge >= 0.3 is 6.09 Å². The van der Waals surface area contributed by atoms with Crippen molar-refractivity contribution in [3.8, 4) is 0 Å². The van der Waals surface area contributed by atoms with E-state index in [1.54, 1.807) is 25.7 Å². The fourth-order valence-electron chi connectivity index (χ4n) is 2.62. The fraction of sp³-hybridized carbons (Fsp3) is 0.529. The van der Waals surface area contributed by atoms with Crippen molar-refractivity contribution >= 4 is 17.7 Å². The zero-order valence-corrected chi connectivity index (χ0v) is 14.7. The van der Waals surface area contributed by atoms with Crippen LogP contribution >= 0.6 is 0 Å². The normalized spacial score (nSPS) is 17.7. The highest BCUT2D eigenvalue weighted by molar-refractivity contribution is 5.95. The second-order valence-corrected chi connectivity index (χ2v) is 7.05. The summed E-state index contributed by atoms with van der Waals surface area (Å²) in [6.07, 6.45) is 1.08. The van der Waals surface area contributed by atoms with Crippen molar-refractivity contribution in [2.45, 2.75) is 45.3 Å². The largest absolute Gasteiger partial charge is 0.444 e. The van der Waals surface area contributed by atoms with E-state index in [1.165, 1.54) is 24.3 Å². The van der Waals surface area contributed by atoms with E-state index in [-0.39, 0.29) is 23.2 Å². The van der Waals surface area contributed by atoms with E-state index in [2.05, 4.69) is 5.32 Å². The Morgan fingerprint density at radius 1 is 1.36 bits per heavy atom. The molecule has 0 aliphatic carbocycles. The number of carbonyl (C=O) groups excluding carboxylic acids is 2. The summed E-state index contributed by atoms with van der Waals surface area (Å²) in [4.78, 5) is 36.3. The third kappa shape index (κ3) is 5.44. The van der Waals surface area contributed by atoms with Crippen LogP contribution in [0.4, 0.5) is 10.5 Å². The van der Waals surface area contributed by atoms with Crippen molar-refractivity contribution in [1.82, 2.24) is 10.2 Å². The highest BCUT2D eigenvalue weighted by Gasteiger charge is 2.28. The van der Waals surface area contributed by atoms with Gasteiger partial charge in [0.25, 0.3) is 11.6 Å². The first-order valence-electron chi connectivity index (χ1n) is 8.19. The van der Waals surface area contributed by atoms with Crippen LogP contribution in [0.2, 0.25) is 0 Å². The predicted octanol–water partition coefficient (Wildman–Crippen LogP) is 2.72. The molecule has 0 radical (unpaired) electrons. The van der Waals surface area contributed by atoms with Crippen molar-refractivity contribution < 1.29 is 19.2 Å². The smallest absolute Gasteiger partial charge is 0.410 e. The summed E-state index contributed by atoms with van der Waals surface area (Å²) in [5.74, 6) is -0.389. The number of non-ortho nitro benzene ring substituents is 1. The van der Waals surface area contributed by atoms with E-state index in [1.807, 2.05) is 0 Å². The van der Waals surface area contributed by atoms with Crippen LogP contribution < -0.4 is 5.32 Å². The van der Waals surface area contributed by atoms with E-state index in [0.717, 1.165) is 12.8 Å². The average molecular weight is 349 g/mol. The molecule has 1 fully saturated rings. The van der Waals surface area contributed by atoms with E-state index in [4.69, 9.17) is 4.74 Å². The summed E-state index contributed by atoms with van der Waals surface area (Å²) in [5.41, 5.74) is -0.480. The van der Waals surface area contributed by atoms with Crippen molar-refractivity contribution in [3.05, 3.63) is 39.9 Å². The van der Waals surface area contributed by atoms with Gasteiger partial charge in [0, 0.05) is 36.8 Å². The van der Waals surface area contributed by atoms with Gasteiger partial charge in [-0.05, 0) is 39.7 Å². The number of nitro groups is 1. The van der Waals surface area contributed by atoms with Crippen LogP contribution in [-0.4, -0.2) is 46.6 Å². The lowest BCUT2D eigenvalue weighted by Crippen LogP contribution is -2.50. The molecule has 136 valence electrons. The predicted molar refractivity (Wildman–Crippen MR) is 91.4 cm³/mol. The molecule has 0 spiro atoms. The van der Waals surface area contributed by atoms with Gasteiger partial charge in [-0.25, -0.2) is 4.79 Å². The van der Waals surface area contributed by atoms with Crippen LogP contribution in [0.25, 0.3) is 0 Å². The number of piperidine rings is 1. The molecule has 8 heteroatoms. The van der Waals surface area contributed by atoms with E-state index in [9.17, 15) is 19.7 Å². The van der Waals surface area contributed by atoms with Gasteiger partial charge < -0.3 is 15.0 Å². The van der Waals surface area contributed by atoms with Crippen molar-refractivity contribution in [2.75, 3.05) is 13.1 Å². The van der Waals surface area contributed by atoms with Crippen LogP contribution in [0, 0.1) is 10.1 Å². The molecule has 2 amide bonds. The third-order valence-corrected chi connectivity index (χ3v) is 3.73. The number of nitro benzene ring substituents is 1. The molecule has 0 unspecified atom stereocenters. The molecule has 1 atom stereocenters. The van der Waals surface area contributed by atoms with Gasteiger partial charge in [-0.3, -0.25) is 14.9 Å². The van der Waals surface area contributed by atoms with E-state index >= 15 is 0 Å². The number of likely N-dealkylation sites (tertiary alicyclic amines) is 1. The van der Waals surface area contributed by atoms with Gasteiger partial charge in [0.05, 0.1) is 4.92 Å². The number of hydrogen-bond donors (Lipinski definition) is 1. The molecule has 1 heterocycles. The second-order valence-electron chi connectivity index (χ2n) is 7.05. The molecule has 0 aromatic heterocycles. The summed E-state index contributed by atoms with van der Waals surface area (Å²) >= 11 is 0. The Morgan fingerprint density at radius 3 is 2.72 bits per heavy atom. The molecule has 25 heavy (non-hydrogen) atoms. The molecule has 1 aliphatic heterocycles. The number of benzene rings is 1. The second kappa shape index (κ2) is 7.50. The van der Waals surface area contributed by atoms with Crippen molar-refractivity contribution in [3.63, 3.8) is 0 Å². The van der Waals surface area contributed by atoms with Gasteiger partial charge in [-0.15, -0.1) is 0 Å². The molecule has 2 rings (SSSR count). The maximum Gasteiger partial charge on any atom is 0.410 e. The highest BCUT2D eigenvalue weighted by atomic mass is 16.6. The zero-order valence-electron chi connectivity index (χ0n) is 14.7. The summed E-state index contributed by atoms with van der Waals surface area (Å²) in [6, 6.07) is 5.36. The third-order valence-electron chi connectivity index (χ3n) is 3.73. The van der Waals surface area contributed by atoms with Crippen molar-refractivity contribution in [2.24, 2.45) is 0 Å². The summed E-state index contributed by atoms with van der Waals surface area (Å²) in [7, 11) is 0. The summed E-state index contributed by atoms with van der Waals surface area (Å²) in [5, 5.41) is 13.7. The van der Waals surface area contributed by atoms with Gasteiger partial charge in [0.2, 0.25) is 0 Å². The molecule has 1 saturated heterocycles. The lowest BCUT2D eigenvalue weighted by atomic mass is 10.1. The quantitative estimate of drug-likeness (QED) is 0.668. The molecule has 8 nitrogen and oxygen atoms in total. The zero-order chi connectivity index (χ0) is 18.6. The SMILES string of the molecule is CC(C)(C)OC(=O)N1CCC[C@H](NC(=O)c2cccc([N+](=O)[O-])c2)C1. The Balaban J connectivity index is 1.98. The van der Waals surface area contributed by atoms with Gasteiger partial charge in [-0.1, -0.05) is 6.07 Å². The molecule has 1 aromatic carbocycles. The Hall–Kier alpha value is -2.64. The Bertz CT molecular complexity index is 668. The first-order chi connectivity index (χ1) is 11.7. The molecule has 1 N–H and O–H groups in total. The Labute approximate surface area is 146 Å². The van der Waals surface area contributed by atoms with E-state index in [0.29, 0.717) is 13.1 Å². The van der Waals surface area contributed by atoms with Gasteiger partial charge in [0.15, 0.2) is 0 Å².